The van der Waals surface area contributed by atoms with Gasteiger partial charge in [0.2, 0.25) is 0 Å². The van der Waals surface area contributed by atoms with Gasteiger partial charge in [0, 0.05) is 12.2 Å². The van der Waals surface area contributed by atoms with Crippen molar-refractivity contribution in [3.63, 3.8) is 0 Å². The van der Waals surface area contributed by atoms with E-state index in [0.29, 0.717) is 5.69 Å². The summed E-state index contributed by atoms with van der Waals surface area (Å²) < 4.78 is 4.63. The van der Waals surface area contributed by atoms with Gasteiger partial charge in [0.15, 0.2) is 0 Å². The van der Waals surface area contributed by atoms with E-state index in [2.05, 4.69) is 31.9 Å². The molecule has 96 valence electrons. The predicted octanol–water partition coefficient (Wildman–Crippen LogP) is 2.20. The molecule has 18 heavy (non-hydrogen) atoms. The molecule has 0 aliphatic heterocycles. The average molecular weight is 264 g/mol. The molecule has 2 rings (SSSR count). The number of methoxy groups -OCH3 is 1. The molecule has 0 atom stereocenters. The molecule has 2 aromatic rings. The van der Waals surface area contributed by atoms with Gasteiger partial charge in [-0.05, 0) is 47.5 Å². The zero-order valence-electron chi connectivity index (χ0n) is 10.2. The van der Waals surface area contributed by atoms with Crippen LogP contribution in [0.1, 0.15) is 21.7 Å². The summed E-state index contributed by atoms with van der Waals surface area (Å²) in [4.78, 5) is 14.3. The second-order valence-corrected chi connectivity index (χ2v) is 4.73. The summed E-state index contributed by atoms with van der Waals surface area (Å²) in [6.07, 6.45) is 1.02. The highest BCUT2D eigenvalue weighted by Crippen LogP contribution is 2.06. The second kappa shape index (κ2) is 6.37. The summed E-state index contributed by atoms with van der Waals surface area (Å²) in [5, 5.41) is 7.58. The van der Waals surface area contributed by atoms with Crippen LogP contribution in [0.15, 0.2) is 29.0 Å². The minimum atomic E-state index is -0.334. The number of esters is 1. The van der Waals surface area contributed by atoms with Gasteiger partial charge in [-0.15, -0.1) is 0 Å². The van der Waals surface area contributed by atoms with Gasteiger partial charge >= 0.3 is 5.97 Å². The van der Waals surface area contributed by atoms with Crippen LogP contribution >= 0.6 is 11.3 Å². The van der Waals surface area contributed by atoms with Gasteiger partial charge in [-0.2, -0.15) is 11.3 Å². The SMILES string of the molecule is COC(=O)c1ccc(CNCCc2ccsc2)[nH]1. The van der Waals surface area contributed by atoms with E-state index >= 15 is 0 Å². The van der Waals surface area contributed by atoms with Gasteiger partial charge in [-0.1, -0.05) is 0 Å². The maximum Gasteiger partial charge on any atom is 0.354 e. The van der Waals surface area contributed by atoms with Crippen LogP contribution in [0.4, 0.5) is 0 Å². The summed E-state index contributed by atoms with van der Waals surface area (Å²) in [7, 11) is 1.38. The fourth-order valence-electron chi connectivity index (χ4n) is 1.66. The molecule has 4 nitrogen and oxygen atoms in total. The standard InChI is InChI=1S/C13H16N2O2S/c1-17-13(16)12-3-2-11(15-12)8-14-6-4-10-5-7-18-9-10/h2-3,5,7,9,14-15H,4,6,8H2,1H3. The lowest BCUT2D eigenvalue weighted by Crippen LogP contribution is -2.16. The van der Waals surface area contributed by atoms with Gasteiger partial charge in [0.1, 0.15) is 5.69 Å². The topological polar surface area (TPSA) is 54.1 Å². The third kappa shape index (κ3) is 3.45. The molecule has 0 saturated carbocycles. The number of aromatic nitrogens is 1. The Morgan fingerprint density at radius 3 is 3.06 bits per heavy atom. The smallest absolute Gasteiger partial charge is 0.354 e. The first kappa shape index (κ1) is 12.9. The summed E-state index contributed by atoms with van der Waals surface area (Å²) in [6, 6.07) is 5.77. The van der Waals surface area contributed by atoms with E-state index in [1.807, 2.05) is 6.07 Å². The van der Waals surface area contributed by atoms with Crippen molar-refractivity contribution >= 4 is 17.3 Å². The van der Waals surface area contributed by atoms with Gasteiger partial charge in [-0.25, -0.2) is 4.79 Å². The molecule has 0 saturated heterocycles. The Morgan fingerprint density at radius 1 is 1.44 bits per heavy atom. The number of hydrogen-bond donors (Lipinski definition) is 2. The number of hydrogen-bond acceptors (Lipinski definition) is 4. The predicted molar refractivity (Wildman–Crippen MR) is 71.9 cm³/mol. The van der Waals surface area contributed by atoms with Crippen molar-refractivity contribution in [2.45, 2.75) is 13.0 Å². The van der Waals surface area contributed by atoms with E-state index in [9.17, 15) is 4.79 Å². The zero-order chi connectivity index (χ0) is 12.8. The van der Waals surface area contributed by atoms with Crippen molar-refractivity contribution in [3.8, 4) is 0 Å². The lowest BCUT2D eigenvalue weighted by atomic mass is 10.2. The molecule has 0 radical (unpaired) electrons. The minimum Gasteiger partial charge on any atom is -0.464 e. The largest absolute Gasteiger partial charge is 0.464 e. The van der Waals surface area contributed by atoms with Crippen LogP contribution in [0, 0.1) is 0 Å². The van der Waals surface area contributed by atoms with E-state index in [0.717, 1.165) is 25.2 Å². The van der Waals surface area contributed by atoms with Gasteiger partial charge in [0.05, 0.1) is 7.11 Å². The molecule has 0 aliphatic rings. The first-order valence-corrected chi connectivity index (χ1v) is 6.72. The highest BCUT2D eigenvalue weighted by Gasteiger charge is 2.07. The lowest BCUT2D eigenvalue weighted by Gasteiger charge is -2.02. The number of H-pyrrole nitrogens is 1. The summed E-state index contributed by atoms with van der Waals surface area (Å²) in [5.74, 6) is -0.334. The molecular formula is C13H16N2O2S. The molecule has 2 heterocycles. The van der Waals surface area contributed by atoms with E-state index in [4.69, 9.17) is 0 Å². The van der Waals surface area contributed by atoms with Crippen LogP contribution in [0.5, 0.6) is 0 Å². The Bertz CT molecular complexity index is 491. The van der Waals surface area contributed by atoms with Crippen LogP contribution in [-0.4, -0.2) is 24.6 Å². The average Bonchev–Trinajstić information content (AvgIpc) is 3.05. The summed E-state index contributed by atoms with van der Waals surface area (Å²) in [6.45, 7) is 1.64. The maximum atomic E-state index is 11.2. The molecule has 0 fully saturated rings. The fraction of sp³-hybridized carbons (Fsp3) is 0.308. The van der Waals surface area contributed by atoms with Gasteiger partial charge in [-0.3, -0.25) is 0 Å². The Balaban J connectivity index is 1.73. The van der Waals surface area contributed by atoms with Crippen molar-refractivity contribution in [3.05, 3.63) is 45.9 Å². The van der Waals surface area contributed by atoms with Gasteiger partial charge < -0.3 is 15.0 Å². The molecular weight excluding hydrogens is 248 g/mol. The van der Waals surface area contributed by atoms with Crippen molar-refractivity contribution in [2.24, 2.45) is 0 Å². The van der Waals surface area contributed by atoms with Crippen molar-refractivity contribution in [1.82, 2.24) is 10.3 Å². The fourth-order valence-corrected chi connectivity index (χ4v) is 2.37. The molecule has 2 aromatic heterocycles. The van der Waals surface area contributed by atoms with Crippen molar-refractivity contribution in [2.75, 3.05) is 13.7 Å². The molecule has 2 N–H and O–H groups in total. The third-order valence-corrected chi connectivity index (χ3v) is 3.37. The van der Waals surface area contributed by atoms with Crippen molar-refractivity contribution < 1.29 is 9.53 Å². The summed E-state index contributed by atoms with van der Waals surface area (Å²) in [5.41, 5.74) is 2.84. The number of ether oxygens (including phenoxy) is 1. The number of carbonyl (C=O) groups is 1. The zero-order valence-corrected chi connectivity index (χ0v) is 11.0. The Morgan fingerprint density at radius 2 is 2.33 bits per heavy atom. The number of aromatic amines is 1. The molecule has 0 spiro atoms. The minimum absolute atomic E-state index is 0.334. The highest BCUT2D eigenvalue weighted by atomic mass is 32.1. The molecule has 0 bridgehead atoms. The van der Waals surface area contributed by atoms with Crippen LogP contribution in [0.25, 0.3) is 0 Å². The number of carbonyl (C=O) groups excluding carboxylic acids is 1. The van der Waals surface area contributed by atoms with Crippen LogP contribution in [0.3, 0.4) is 0 Å². The molecule has 0 aromatic carbocycles. The quantitative estimate of drug-likeness (QED) is 0.621. The Hall–Kier alpha value is -1.59. The molecule has 0 amide bonds. The molecule has 0 aliphatic carbocycles. The second-order valence-electron chi connectivity index (χ2n) is 3.95. The maximum absolute atomic E-state index is 11.2. The van der Waals surface area contributed by atoms with Crippen LogP contribution in [-0.2, 0) is 17.7 Å². The third-order valence-electron chi connectivity index (χ3n) is 2.64. The van der Waals surface area contributed by atoms with Crippen molar-refractivity contribution in [1.29, 1.82) is 0 Å². The van der Waals surface area contributed by atoms with E-state index < -0.39 is 0 Å². The summed E-state index contributed by atoms with van der Waals surface area (Å²) >= 11 is 1.72. The van der Waals surface area contributed by atoms with Crippen LogP contribution in [0.2, 0.25) is 0 Å². The van der Waals surface area contributed by atoms with E-state index in [1.54, 1.807) is 17.4 Å². The molecule has 0 unspecified atom stereocenters. The van der Waals surface area contributed by atoms with Gasteiger partial charge in [0.25, 0.3) is 0 Å². The first-order valence-electron chi connectivity index (χ1n) is 5.77. The Labute approximate surface area is 110 Å². The number of nitrogens with one attached hydrogen (secondary N) is 2. The molecule has 5 heteroatoms. The normalized spacial score (nSPS) is 10.5. The van der Waals surface area contributed by atoms with E-state index in [1.165, 1.54) is 12.7 Å². The highest BCUT2D eigenvalue weighted by molar-refractivity contribution is 7.07. The lowest BCUT2D eigenvalue weighted by molar-refractivity contribution is 0.0594. The first-order chi connectivity index (χ1) is 8.79. The number of rotatable bonds is 6. The number of thiophene rings is 1. The van der Waals surface area contributed by atoms with E-state index in [-0.39, 0.29) is 5.97 Å². The monoisotopic (exact) mass is 264 g/mol. The Kier molecular flexibility index (Phi) is 4.55. The van der Waals surface area contributed by atoms with Crippen LogP contribution < -0.4 is 5.32 Å².